The molecule has 132 valence electrons. The lowest BCUT2D eigenvalue weighted by molar-refractivity contribution is 0.203. The Morgan fingerprint density at radius 2 is 1.61 bits per heavy atom. The predicted octanol–water partition coefficient (Wildman–Crippen LogP) is 3.98. The van der Waals surface area contributed by atoms with Crippen molar-refractivity contribution < 1.29 is 22.0 Å². The first kappa shape index (κ1) is 20.8. The van der Waals surface area contributed by atoms with Crippen LogP contribution in [-0.4, -0.2) is 27.4 Å². The van der Waals surface area contributed by atoms with Crippen LogP contribution in [0.15, 0.2) is 33.6 Å². The lowest BCUT2D eigenvalue weighted by atomic mass is 10.2. The van der Waals surface area contributed by atoms with Gasteiger partial charge >= 0.3 is 7.60 Å². The number of sulfonamides is 1. The van der Waals surface area contributed by atoms with Gasteiger partial charge in [0.1, 0.15) is 5.78 Å². The summed E-state index contributed by atoms with van der Waals surface area (Å²) >= 11 is 3.26. The summed E-state index contributed by atoms with van der Waals surface area (Å²) in [6, 6.07) is 6.19. The second kappa shape index (κ2) is 8.74. The largest absolute Gasteiger partial charge is 0.348 e. The summed E-state index contributed by atoms with van der Waals surface area (Å²) in [5.41, 5.74) is 0. The van der Waals surface area contributed by atoms with Crippen LogP contribution < -0.4 is 4.72 Å². The highest BCUT2D eigenvalue weighted by Crippen LogP contribution is 2.54. The molecule has 0 bridgehead atoms. The van der Waals surface area contributed by atoms with Gasteiger partial charge in [-0.05, 0) is 44.0 Å². The average Bonchev–Trinajstić information content (AvgIpc) is 2.45. The van der Waals surface area contributed by atoms with E-state index in [9.17, 15) is 13.0 Å². The summed E-state index contributed by atoms with van der Waals surface area (Å²) in [7, 11) is -7.46. The van der Waals surface area contributed by atoms with E-state index in [0.29, 0.717) is 0 Å². The van der Waals surface area contributed by atoms with Crippen LogP contribution in [0.1, 0.15) is 27.7 Å². The van der Waals surface area contributed by atoms with Gasteiger partial charge in [0.2, 0.25) is 10.0 Å². The maximum absolute atomic E-state index is 12.9. The van der Waals surface area contributed by atoms with E-state index in [1.807, 2.05) is 0 Å². The monoisotopic (exact) mass is 427 g/mol. The molecule has 0 fully saturated rings. The van der Waals surface area contributed by atoms with Crippen LogP contribution in [0.2, 0.25) is 0 Å². The molecule has 1 aromatic rings. The van der Waals surface area contributed by atoms with E-state index in [1.165, 1.54) is 12.1 Å². The van der Waals surface area contributed by atoms with Gasteiger partial charge in [0.15, 0.2) is 0 Å². The van der Waals surface area contributed by atoms with Crippen molar-refractivity contribution in [1.82, 2.24) is 4.72 Å². The van der Waals surface area contributed by atoms with E-state index < -0.39 is 23.4 Å². The maximum atomic E-state index is 12.9. The Morgan fingerprint density at radius 3 is 2.00 bits per heavy atom. The van der Waals surface area contributed by atoms with Gasteiger partial charge in [-0.25, -0.2) is 8.42 Å². The van der Waals surface area contributed by atoms with Gasteiger partial charge < -0.3 is 9.05 Å². The second-order valence-electron chi connectivity index (χ2n) is 5.14. The molecule has 1 atom stereocenters. The van der Waals surface area contributed by atoms with Crippen LogP contribution in [0.4, 0.5) is 0 Å². The summed E-state index contributed by atoms with van der Waals surface area (Å²) in [6.45, 7) is 7.23. The molecule has 0 unspecified atom stereocenters. The van der Waals surface area contributed by atoms with Gasteiger partial charge in [0, 0.05) is 4.47 Å². The molecule has 0 spiro atoms. The molecule has 0 radical (unpaired) electrons. The van der Waals surface area contributed by atoms with Crippen molar-refractivity contribution >= 4 is 33.5 Å². The normalized spacial score (nSPS) is 14.2. The van der Waals surface area contributed by atoms with Gasteiger partial charge in [-0.2, -0.15) is 4.72 Å². The minimum Gasteiger partial charge on any atom is -0.308 e. The number of nitrogens with one attached hydrogen (secondary N) is 1. The SMILES string of the molecule is CCOP(=O)(OCC)[C@H](NS(=O)(=O)c1ccc(Br)cc1)C(C)C. The zero-order valence-corrected chi connectivity index (χ0v) is 16.9. The second-order valence-corrected chi connectivity index (χ2v) is 9.92. The lowest BCUT2D eigenvalue weighted by Gasteiger charge is -2.29. The predicted molar refractivity (Wildman–Crippen MR) is 93.9 cm³/mol. The molecular formula is C14H23BrNO5PS. The molecule has 0 heterocycles. The molecule has 0 aromatic heterocycles. The zero-order valence-electron chi connectivity index (χ0n) is 13.7. The highest BCUT2D eigenvalue weighted by atomic mass is 79.9. The molecule has 0 aliphatic heterocycles. The quantitative estimate of drug-likeness (QED) is 0.602. The van der Waals surface area contributed by atoms with Crippen molar-refractivity contribution in [1.29, 1.82) is 0 Å². The van der Waals surface area contributed by atoms with E-state index in [0.717, 1.165) is 4.47 Å². The van der Waals surface area contributed by atoms with Crippen LogP contribution in [0.5, 0.6) is 0 Å². The Morgan fingerprint density at radius 1 is 1.13 bits per heavy atom. The fourth-order valence-corrected chi connectivity index (χ4v) is 6.23. The van der Waals surface area contributed by atoms with E-state index in [4.69, 9.17) is 9.05 Å². The van der Waals surface area contributed by atoms with Crippen LogP contribution in [-0.2, 0) is 23.6 Å². The number of rotatable bonds is 9. The fraction of sp³-hybridized carbons (Fsp3) is 0.571. The third-order valence-corrected chi connectivity index (χ3v) is 7.79. The first-order valence-electron chi connectivity index (χ1n) is 7.33. The zero-order chi connectivity index (χ0) is 17.7. The van der Waals surface area contributed by atoms with E-state index in [1.54, 1.807) is 39.8 Å². The summed E-state index contributed by atoms with van der Waals surface area (Å²) < 4.78 is 51.9. The third-order valence-electron chi connectivity index (χ3n) is 2.99. The third kappa shape index (κ3) is 5.66. The van der Waals surface area contributed by atoms with E-state index in [-0.39, 0.29) is 24.0 Å². The van der Waals surface area contributed by atoms with Crippen molar-refractivity contribution in [2.45, 2.75) is 38.4 Å². The number of halogens is 1. The van der Waals surface area contributed by atoms with Crippen LogP contribution in [0.3, 0.4) is 0 Å². The van der Waals surface area contributed by atoms with Crippen LogP contribution in [0, 0.1) is 5.92 Å². The van der Waals surface area contributed by atoms with Gasteiger partial charge in [0.25, 0.3) is 0 Å². The molecule has 0 aliphatic rings. The Bertz CT molecular complexity index is 638. The molecule has 0 saturated carbocycles. The standard InChI is InChI=1S/C14H23BrNO5PS/c1-5-20-22(17,21-6-2)14(11(3)4)16-23(18,19)13-9-7-12(15)8-10-13/h7-11,14,16H,5-6H2,1-4H3/t14-/m0/s1. The van der Waals surface area contributed by atoms with Crippen molar-refractivity contribution in [2.75, 3.05) is 13.2 Å². The van der Waals surface area contributed by atoms with Crippen molar-refractivity contribution in [3.05, 3.63) is 28.7 Å². The van der Waals surface area contributed by atoms with Crippen molar-refractivity contribution in [3.63, 3.8) is 0 Å². The Kier molecular flexibility index (Phi) is 7.90. The smallest absolute Gasteiger partial charge is 0.308 e. The highest BCUT2D eigenvalue weighted by Gasteiger charge is 2.40. The van der Waals surface area contributed by atoms with E-state index >= 15 is 0 Å². The molecule has 1 rings (SSSR count). The minimum absolute atomic E-state index is 0.0888. The molecule has 9 heteroatoms. The summed E-state index contributed by atoms with van der Waals surface area (Å²) in [5.74, 6) is -1.24. The Hall–Kier alpha value is -0.240. The molecule has 6 nitrogen and oxygen atoms in total. The topological polar surface area (TPSA) is 81.7 Å². The summed E-state index contributed by atoms with van der Waals surface area (Å²) in [5, 5.41) is 0. The van der Waals surface area contributed by atoms with Crippen molar-refractivity contribution in [2.24, 2.45) is 5.92 Å². The van der Waals surface area contributed by atoms with Gasteiger partial charge in [-0.3, -0.25) is 4.57 Å². The van der Waals surface area contributed by atoms with E-state index in [2.05, 4.69) is 20.7 Å². The van der Waals surface area contributed by atoms with Gasteiger partial charge in [-0.15, -0.1) is 0 Å². The molecule has 1 N–H and O–H groups in total. The van der Waals surface area contributed by atoms with Crippen LogP contribution >= 0.6 is 23.5 Å². The number of hydrogen-bond acceptors (Lipinski definition) is 5. The summed E-state index contributed by atoms with van der Waals surface area (Å²) in [4.78, 5) is 0.0888. The lowest BCUT2D eigenvalue weighted by Crippen LogP contribution is -2.39. The molecule has 23 heavy (non-hydrogen) atoms. The highest BCUT2D eigenvalue weighted by molar-refractivity contribution is 9.10. The number of hydrogen-bond donors (Lipinski definition) is 1. The average molecular weight is 428 g/mol. The number of benzene rings is 1. The maximum Gasteiger partial charge on any atom is 0.348 e. The molecular weight excluding hydrogens is 405 g/mol. The van der Waals surface area contributed by atoms with Crippen LogP contribution in [0.25, 0.3) is 0 Å². The minimum atomic E-state index is -3.84. The molecule has 0 aliphatic carbocycles. The Labute approximate surface area is 146 Å². The molecule has 0 saturated heterocycles. The first-order chi connectivity index (χ1) is 10.7. The summed E-state index contributed by atoms with van der Waals surface area (Å²) in [6.07, 6.45) is 0. The molecule has 1 aromatic carbocycles. The van der Waals surface area contributed by atoms with Gasteiger partial charge in [-0.1, -0.05) is 29.8 Å². The first-order valence-corrected chi connectivity index (χ1v) is 11.2. The van der Waals surface area contributed by atoms with Crippen molar-refractivity contribution in [3.8, 4) is 0 Å². The Balaban J connectivity index is 3.16. The van der Waals surface area contributed by atoms with Gasteiger partial charge in [0.05, 0.1) is 18.1 Å². The molecule has 0 amide bonds. The fourth-order valence-electron chi connectivity index (χ4n) is 1.96.